The standard InChI is InChI=1S/C11H11N4OS/c1-8-13-10(17-2)14-11(16)15(8)7-9-4-3-5-12-6-9/h3-4,6H,7H2,1-2H3. The molecule has 1 radical (unpaired) electrons. The van der Waals surface area contributed by atoms with Crippen molar-refractivity contribution in [2.24, 2.45) is 0 Å². The molecule has 0 bridgehead atoms. The first kappa shape index (κ1) is 11.8. The van der Waals surface area contributed by atoms with Crippen molar-refractivity contribution in [2.75, 3.05) is 6.26 Å². The van der Waals surface area contributed by atoms with Gasteiger partial charge in [0.1, 0.15) is 5.82 Å². The van der Waals surface area contributed by atoms with Crippen LogP contribution in [0.25, 0.3) is 0 Å². The molecule has 2 aromatic heterocycles. The Morgan fingerprint density at radius 2 is 2.29 bits per heavy atom. The summed E-state index contributed by atoms with van der Waals surface area (Å²) >= 11 is 1.36. The zero-order valence-electron chi connectivity index (χ0n) is 9.54. The van der Waals surface area contributed by atoms with Crippen LogP contribution in [0.1, 0.15) is 11.4 Å². The van der Waals surface area contributed by atoms with E-state index in [0.717, 1.165) is 5.56 Å². The summed E-state index contributed by atoms with van der Waals surface area (Å²) in [6, 6.07) is 3.58. The van der Waals surface area contributed by atoms with Gasteiger partial charge in [0.15, 0.2) is 5.16 Å². The number of rotatable bonds is 3. The minimum atomic E-state index is -0.283. The van der Waals surface area contributed by atoms with E-state index < -0.39 is 0 Å². The van der Waals surface area contributed by atoms with Crippen LogP contribution < -0.4 is 5.69 Å². The van der Waals surface area contributed by atoms with Crippen LogP contribution in [0.5, 0.6) is 0 Å². The summed E-state index contributed by atoms with van der Waals surface area (Å²) in [5.41, 5.74) is 0.643. The molecule has 0 saturated carbocycles. The van der Waals surface area contributed by atoms with E-state index >= 15 is 0 Å². The normalized spacial score (nSPS) is 10.5. The molecule has 87 valence electrons. The van der Waals surface area contributed by atoms with E-state index in [1.807, 2.05) is 12.3 Å². The number of thioether (sulfide) groups is 1. The van der Waals surface area contributed by atoms with E-state index in [1.54, 1.807) is 19.2 Å². The van der Waals surface area contributed by atoms with Crippen molar-refractivity contribution in [3.63, 3.8) is 0 Å². The van der Waals surface area contributed by atoms with Crippen LogP contribution in [0.3, 0.4) is 0 Å². The Morgan fingerprint density at radius 3 is 2.88 bits per heavy atom. The minimum Gasteiger partial charge on any atom is -0.276 e. The summed E-state index contributed by atoms with van der Waals surface area (Å²) in [4.78, 5) is 23.8. The van der Waals surface area contributed by atoms with Gasteiger partial charge in [0.2, 0.25) is 0 Å². The molecule has 0 atom stereocenters. The molecule has 0 fully saturated rings. The van der Waals surface area contributed by atoms with Crippen molar-refractivity contribution in [3.8, 4) is 0 Å². The molecule has 0 unspecified atom stereocenters. The van der Waals surface area contributed by atoms with E-state index in [4.69, 9.17) is 0 Å². The monoisotopic (exact) mass is 247 g/mol. The zero-order chi connectivity index (χ0) is 12.3. The summed E-state index contributed by atoms with van der Waals surface area (Å²) in [6.07, 6.45) is 6.21. The van der Waals surface area contributed by atoms with Gasteiger partial charge >= 0.3 is 5.69 Å². The van der Waals surface area contributed by atoms with E-state index in [9.17, 15) is 4.79 Å². The first-order valence-corrected chi connectivity index (χ1v) is 6.23. The van der Waals surface area contributed by atoms with Crippen molar-refractivity contribution >= 4 is 11.8 Å². The van der Waals surface area contributed by atoms with Crippen LogP contribution in [-0.4, -0.2) is 25.8 Å². The van der Waals surface area contributed by atoms with E-state index in [0.29, 0.717) is 17.5 Å². The van der Waals surface area contributed by atoms with Crippen LogP contribution in [0.15, 0.2) is 28.3 Å². The Hall–Kier alpha value is -1.69. The average Bonchev–Trinajstić information content (AvgIpc) is 2.35. The number of hydrogen-bond acceptors (Lipinski definition) is 5. The number of hydrogen-bond donors (Lipinski definition) is 0. The van der Waals surface area contributed by atoms with Gasteiger partial charge in [-0.15, -0.1) is 0 Å². The first-order valence-electron chi connectivity index (χ1n) is 5.01. The molecule has 0 saturated heterocycles. The molecule has 5 nitrogen and oxygen atoms in total. The van der Waals surface area contributed by atoms with Crippen molar-refractivity contribution < 1.29 is 0 Å². The number of aryl methyl sites for hydroxylation is 1. The quantitative estimate of drug-likeness (QED) is 0.754. The van der Waals surface area contributed by atoms with Crippen LogP contribution >= 0.6 is 11.8 Å². The topological polar surface area (TPSA) is 60.7 Å². The lowest BCUT2D eigenvalue weighted by molar-refractivity contribution is 0.634. The number of nitrogens with zero attached hydrogens (tertiary/aromatic N) is 4. The SMILES string of the molecule is CSc1nc(C)n(Cc2cc[c]nc2)c(=O)n1. The van der Waals surface area contributed by atoms with Gasteiger partial charge in [-0.05, 0) is 24.8 Å². The van der Waals surface area contributed by atoms with Crippen LogP contribution in [0, 0.1) is 13.1 Å². The third-order valence-electron chi connectivity index (χ3n) is 2.27. The Balaban J connectivity index is 2.37. The Bertz CT molecular complexity index is 567. The van der Waals surface area contributed by atoms with Gasteiger partial charge in [-0.2, -0.15) is 4.98 Å². The molecule has 0 amide bonds. The summed E-state index contributed by atoms with van der Waals surface area (Å²) in [5.74, 6) is 0.655. The van der Waals surface area contributed by atoms with Gasteiger partial charge in [0, 0.05) is 6.20 Å². The molecule has 2 aromatic rings. The molecule has 0 aromatic carbocycles. The lowest BCUT2D eigenvalue weighted by Gasteiger charge is -2.08. The van der Waals surface area contributed by atoms with Gasteiger partial charge in [0.25, 0.3) is 0 Å². The highest BCUT2D eigenvalue weighted by Gasteiger charge is 2.06. The molecular formula is C11H11N4OS. The maximum Gasteiger partial charge on any atom is 0.351 e. The van der Waals surface area contributed by atoms with Gasteiger partial charge in [0.05, 0.1) is 12.7 Å². The molecule has 0 aliphatic carbocycles. The van der Waals surface area contributed by atoms with Crippen molar-refractivity contribution in [1.29, 1.82) is 0 Å². The largest absolute Gasteiger partial charge is 0.351 e. The second-order valence-corrected chi connectivity index (χ2v) is 4.20. The number of pyridine rings is 1. The summed E-state index contributed by atoms with van der Waals surface area (Å²) in [7, 11) is 0. The molecule has 0 aliphatic heterocycles. The minimum absolute atomic E-state index is 0.283. The van der Waals surface area contributed by atoms with Crippen molar-refractivity contribution in [3.05, 3.63) is 46.4 Å². The van der Waals surface area contributed by atoms with Crippen LogP contribution in [-0.2, 0) is 6.54 Å². The maximum atomic E-state index is 11.8. The Labute approximate surface area is 103 Å². The molecule has 2 rings (SSSR count). The highest BCUT2D eigenvalue weighted by Crippen LogP contribution is 2.06. The smallest absolute Gasteiger partial charge is 0.276 e. The summed E-state index contributed by atoms with van der Waals surface area (Å²) in [5, 5.41) is 0.503. The number of aromatic nitrogens is 4. The van der Waals surface area contributed by atoms with Gasteiger partial charge < -0.3 is 0 Å². The average molecular weight is 247 g/mol. The second kappa shape index (κ2) is 5.09. The summed E-state index contributed by atoms with van der Waals surface area (Å²) in [6.45, 7) is 2.23. The highest BCUT2D eigenvalue weighted by atomic mass is 32.2. The van der Waals surface area contributed by atoms with E-state index in [1.165, 1.54) is 16.3 Å². The van der Waals surface area contributed by atoms with Crippen LogP contribution in [0.2, 0.25) is 0 Å². The zero-order valence-corrected chi connectivity index (χ0v) is 10.4. The molecule has 0 N–H and O–H groups in total. The molecule has 6 heteroatoms. The lowest BCUT2D eigenvalue weighted by Crippen LogP contribution is -2.27. The fourth-order valence-electron chi connectivity index (χ4n) is 1.40. The molecule has 17 heavy (non-hydrogen) atoms. The van der Waals surface area contributed by atoms with E-state index in [2.05, 4.69) is 21.1 Å². The fourth-order valence-corrected chi connectivity index (χ4v) is 1.80. The maximum absolute atomic E-state index is 11.8. The molecule has 0 aliphatic rings. The Kier molecular flexibility index (Phi) is 3.53. The summed E-state index contributed by atoms with van der Waals surface area (Å²) < 4.78 is 1.52. The third kappa shape index (κ3) is 2.71. The third-order valence-corrected chi connectivity index (χ3v) is 2.82. The first-order chi connectivity index (χ1) is 8.20. The molecule has 0 spiro atoms. The van der Waals surface area contributed by atoms with Crippen molar-refractivity contribution in [1.82, 2.24) is 19.5 Å². The molecule has 2 heterocycles. The molecular weight excluding hydrogens is 236 g/mol. The van der Waals surface area contributed by atoms with Crippen molar-refractivity contribution in [2.45, 2.75) is 18.6 Å². The fraction of sp³-hybridized carbons (Fsp3) is 0.273. The van der Waals surface area contributed by atoms with Gasteiger partial charge in [-0.25, -0.2) is 9.78 Å². The van der Waals surface area contributed by atoms with E-state index in [-0.39, 0.29) is 5.69 Å². The van der Waals surface area contributed by atoms with Gasteiger partial charge in [-0.1, -0.05) is 17.8 Å². The predicted molar refractivity (Wildman–Crippen MR) is 65.0 cm³/mol. The highest BCUT2D eigenvalue weighted by molar-refractivity contribution is 7.98. The van der Waals surface area contributed by atoms with Gasteiger partial charge in [-0.3, -0.25) is 9.55 Å². The predicted octanol–water partition coefficient (Wildman–Crippen LogP) is 0.912. The Morgan fingerprint density at radius 1 is 1.47 bits per heavy atom. The second-order valence-electron chi connectivity index (χ2n) is 3.42. The van der Waals surface area contributed by atoms with Crippen LogP contribution in [0.4, 0.5) is 0 Å². The lowest BCUT2D eigenvalue weighted by atomic mass is 10.3.